The van der Waals surface area contributed by atoms with E-state index in [4.69, 9.17) is 9.47 Å². The van der Waals surface area contributed by atoms with E-state index in [1.165, 1.54) is 49.9 Å². The number of nitrogens with one attached hydrogen (secondary N) is 1. The zero-order valence-corrected chi connectivity index (χ0v) is 18.7. The molecular formula is C25H30N2O3S. The highest BCUT2D eigenvalue weighted by atomic mass is 32.1. The van der Waals surface area contributed by atoms with E-state index in [1.54, 1.807) is 0 Å². The van der Waals surface area contributed by atoms with Gasteiger partial charge < -0.3 is 19.7 Å². The molecule has 0 radical (unpaired) electrons. The van der Waals surface area contributed by atoms with Crippen LogP contribution >= 0.6 is 11.3 Å². The number of hydrogen-bond donors (Lipinski definition) is 1. The lowest BCUT2D eigenvalue weighted by atomic mass is 9.54. The second-order valence-electron chi connectivity index (χ2n) is 9.81. The highest BCUT2D eigenvalue weighted by Crippen LogP contribution is 2.57. The maximum atomic E-state index is 12.7. The van der Waals surface area contributed by atoms with Gasteiger partial charge >= 0.3 is 0 Å². The lowest BCUT2D eigenvalue weighted by Gasteiger charge is -2.56. The van der Waals surface area contributed by atoms with E-state index >= 15 is 0 Å². The summed E-state index contributed by atoms with van der Waals surface area (Å²) >= 11 is 1.53. The van der Waals surface area contributed by atoms with Gasteiger partial charge in [-0.25, -0.2) is 0 Å². The van der Waals surface area contributed by atoms with Gasteiger partial charge in [0.25, 0.3) is 5.91 Å². The molecule has 0 unspecified atom stereocenters. The Morgan fingerprint density at radius 1 is 1.10 bits per heavy atom. The van der Waals surface area contributed by atoms with Crippen molar-refractivity contribution in [3.63, 3.8) is 0 Å². The summed E-state index contributed by atoms with van der Waals surface area (Å²) in [7, 11) is 0. The fourth-order valence-electron chi connectivity index (χ4n) is 6.72. The largest absolute Gasteiger partial charge is 0.490 e. The van der Waals surface area contributed by atoms with Gasteiger partial charge in [0.05, 0.1) is 34.3 Å². The minimum Gasteiger partial charge on any atom is -0.490 e. The third-order valence-corrected chi connectivity index (χ3v) is 8.70. The van der Waals surface area contributed by atoms with Gasteiger partial charge in [-0.1, -0.05) is 12.1 Å². The number of benzene rings is 1. The van der Waals surface area contributed by atoms with Gasteiger partial charge in [-0.15, -0.1) is 11.3 Å². The fraction of sp³-hybridized carbons (Fsp3) is 0.560. The molecule has 0 saturated heterocycles. The SMILES string of the molecule is O=C(NCCOC12CC3CC(CC(C3)C1)C2)c1ccc(N2CCOc3ccccc32)s1. The number of anilines is 2. The van der Waals surface area contributed by atoms with Crippen LogP contribution in [0, 0.1) is 17.8 Å². The number of carbonyl (C=O) groups excluding carboxylic acids is 1. The number of amides is 1. The standard InChI is InChI=1S/C25H30N2O3S/c28-24(26-7-9-30-25-14-17-11-18(15-25)13-19(12-17)16-25)22-5-6-23(31-22)27-8-10-29-21-4-2-1-3-20(21)27/h1-6,17-19H,7-16H2,(H,26,28). The molecule has 5 nitrogen and oxygen atoms in total. The van der Waals surface area contributed by atoms with Crippen LogP contribution in [0.5, 0.6) is 5.75 Å². The summed E-state index contributed by atoms with van der Waals surface area (Å²) in [5.41, 5.74) is 1.17. The van der Waals surface area contributed by atoms with Crippen molar-refractivity contribution in [3.05, 3.63) is 41.3 Å². The van der Waals surface area contributed by atoms with Crippen molar-refractivity contribution in [2.75, 3.05) is 31.2 Å². The molecule has 7 rings (SSSR count). The molecule has 1 aromatic carbocycles. The number of nitrogens with zero attached hydrogens (tertiary/aromatic N) is 1. The highest BCUT2D eigenvalue weighted by molar-refractivity contribution is 7.18. The second kappa shape index (κ2) is 7.82. The summed E-state index contributed by atoms with van der Waals surface area (Å²) in [4.78, 5) is 15.7. The van der Waals surface area contributed by atoms with Gasteiger partial charge in [0.15, 0.2) is 0 Å². The van der Waals surface area contributed by atoms with Gasteiger partial charge in [-0.05, 0) is 80.5 Å². The average Bonchev–Trinajstić information content (AvgIpc) is 3.25. The molecule has 1 aromatic heterocycles. The van der Waals surface area contributed by atoms with E-state index in [0.717, 1.165) is 45.6 Å². The number of ether oxygens (including phenoxy) is 2. The van der Waals surface area contributed by atoms with E-state index in [0.29, 0.717) is 19.8 Å². The number of carbonyl (C=O) groups is 1. The Hall–Kier alpha value is -2.05. The average molecular weight is 439 g/mol. The molecule has 5 aliphatic rings. The van der Waals surface area contributed by atoms with Crippen LogP contribution in [0.15, 0.2) is 36.4 Å². The van der Waals surface area contributed by atoms with Crippen LogP contribution in [-0.4, -0.2) is 37.8 Å². The Balaban J connectivity index is 1.04. The van der Waals surface area contributed by atoms with E-state index in [-0.39, 0.29) is 11.5 Å². The lowest BCUT2D eigenvalue weighted by Crippen LogP contribution is -2.52. The Bertz CT molecular complexity index is 936. The first-order chi connectivity index (χ1) is 15.2. The number of para-hydroxylation sites is 2. The van der Waals surface area contributed by atoms with Crippen LogP contribution in [0.1, 0.15) is 48.2 Å². The number of rotatable bonds is 6. The van der Waals surface area contributed by atoms with Gasteiger partial charge in [0, 0.05) is 6.54 Å². The summed E-state index contributed by atoms with van der Waals surface area (Å²) < 4.78 is 12.2. The van der Waals surface area contributed by atoms with E-state index in [1.807, 2.05) is 30.3 Å². The molecule has 4 bridgehead atoms. The van der Waals surface area contributed by atoms with Gasteiger partial charge in [0.1, 0.15) is 12.4 Å². The lowest BCUT2D eigenvalue weighted by molar-refractivity contribution is -0.160. The van der Waals surface area contributed by atoms with Gasteiger partial charge in [-0.3, -0.25) is 4.79 Å². The normalized spacial score (nSPS) is 30.7. The predicted molar refractivity (Wildman–Crippen MR) is 122 cm³/mol. The first-order valence-electron chi connectivity index (χ1n) is 11.7. The topological polar surface area (TPSA) is 50.8 Å². The third kappa shape index (κ3) is 3.74. The van der Waals surface area contributed by atoms with Gasteiger partial charge in [0.2, 0.25) is 0 Å². The van der Waals surface area contributed by atoms with Crippen LogP contribution in [0.25, 0.3) is 0 Å². The van der Waals surface area contributed by atoms with Crippen LogP contribution < -0.4 is 15.0 Å². The maximum absolute atomic E-state index is 12.7. The molecule has 1 aliphatic heterocycles. The van der Waals surface area contributed by atoms with Crippen molar-refractivity contribution in [1.82, 2.24) is 5.32 Å². The third-order valence-electron chi connectivity index (χ3n) is 7.59. The molecule has 1 amide bonds. The minimum atomic E-state index is -0.00749. The smallest absolute Gasteiger partial charge is 0.261 e. The Labute approximate surface area is 187 Å². The van der Waals surface area contributed by atoms with Crippen molar-refractivity contribution >= 4 is 27.9 Å². The molecule has 2 aromatic rings. The molecule has 4 aliphatic carbocycles. The molecule has 1 N–H and O–H groups in total. The number of fused-ring (bicyclic) bond motifs is 1. The molecule has 4 saturated carbocycles. The molecule has 0 atom stereocenters. The highest BCUT2D eigenvalue weighted by Gasteiger charge is 2.51. The molecule has 6 heteroatoms. The monoisotopic (exact) mass is 438 g/mol. The van der Waals surface area contributed by atoms with Crippen LogP contribution in [0.4, 0.5) is 10.7 Å². The van der Waals surface area contributed by atoms with Crippen LogP contribution in [0.3, 0.4) is 0 Å². The van der Waals surface area contributed by atoms with Crippen LogP contribution in [-0.2, 0) is 4.74 Å². The molecular weight excluding hydrogens is 408 g/mol. The molecule has 164 valence electrons. The quantitative estimate of drug-likeness (QED) is 0.646. The van der Waals surface area contributed by atoms with E-state index in [2.05, 4.69) is 16.3 Å². The van der Waals surface area contributed by atoms with Gasteiger partial charge in [-0.2, -0.15) is 0 Å². The summed E-state index contributed by atoms with van der Waals surface area (Å²) in [5.74, 6) is 3.55. The molecule has 31 heavy (non-hydrogen) atoms. The van der Waals surface area contributed by atoms with Crippen molar-refractivity contribution < 1.29 is 14.3 Å². The Morgan fingerprint density at radius 3 is 2.61 bits per heavy atom. The minimum absolute atomic E-state index is 0.00749. The van der Waals surface area contributed by atoms with E-state index < -0.39 is 0 Å². The number of thiophene rings is 1. The summed E-state index contributed by atoms with van der Waals surface area (Å²) in [6.07, 6.45) is 7.99. The summed E-state index contributed by atoms with van der Waals surface area (Å²) in [6.45, 7) is 2.64. The zero-order valence-electron chi connectivity index (χ0n) is 17.8. The predicted octanol–water partition coefficient (Wildman–Crippen LogP) is 4.99. The summed E-state index contributed by atoms with van der Waals surface area (Å²) in [6, 6.07) is 12.0. The first kappa shape index (κ1) is 19.6. The fourth-order valence-corrected chi connectivity index (χ4v) is 7.68. The molecule has 0 spiro atoms. The Morgan fingerprint density at radius 2 is 1.84 bits per heavy atom. The van der Waals surface area contributed by atoms with Crippen molar-refractivity contribution in [2.45, 2.75) is 44.1 Å². The van der Waals surface area contributed by atoms with Crippen LogP contribution in [0.2, 0.25) is 0 Å². The summed E-state index contributed by atoms with van der Waals surface area (Å²) in [5, 5.41) is 4.14. The van der Waals surface area contributed by atoms with Crippen molar-refractivity contribution in [3.8, 4) is 5.75 Å². The van der Waals surface area contributed by atoms with Crippen molar-refractivity contribution in [2.24, 2.45) is 17.8 Å². The first-order valence-corrected chi connectivity index (χ1v) is 12.5. The van der Waals surface area contributed by atoms with E-state index in [9.17, 15) is 4.79 Å². The molecule has 4 fully saturated rings. The molecule has 2 heterocycles. The maximum Gasteiger partial charge on any atom is 0.261 e. The van der Waals surface area contributed by atoms with Crippen molar-refractivity contribution in [1.29, 1.82) is 0 Å². The number of hydrogen-bond acceptors (Lipinski definition) is 5. The zero-order chi connectivity index (χ0) is 20.8. The Kier molecular flexibility index (Phi) is 4.95. The second-order valence-corrected chi connectivity index (χ2v) is 10.9.